The number of benzene rings is 2. The monoisotopic (exact) mass is 717 g/mol. The number of amides is 1. The predicted molar refractivity (Wildman–Crippen MR) is 181 cm³/mol. The van der Waals surface area contributed by atoms with Crippen LogP contribution in [-0.2, 0) is 20.3 Å². The maximum atomic E-state index is 15.1. The Labute approximate surface area is 288 Å². The number of aromatic nitrogens is 3. The molecule has 2 aromatic heterocycles. The fraction of sp³-hybridized carbons (Fsp3) is 0.429. The zero-order valence-electron chi connectivity index (χ0n) is 28.3. The van der Waals surface area contributed by atoms with Gasteiger partial charge in [-0.05, 0) is 75.9 Å². The van der Waals surface area contributed by atoms with Crippen LogP contribution in [0, 0.1) is 12.7 Å². The lowest BCUT2D eigenvalue weighted by Crippen LogP contribution is -2.51. The van der Waals surface area contributed by atoms with E-state index in [9.17, 15) is 26.4 Å². The molecule has 1 fully saturated rings. The van der Waals surface area contributed by atoms with Crippen LogP contribution in [0.4, 0.5) is 28.3 Å². The van der Waals surface area contributed by atoms with Gasteiger partial charge in [0.1, 0.15) is 23.3 Å². The summed E-state index contributed by atoms with van der Waals surface area (Å²) >= 11 is 0. The van der Waals surface area contributed by atoms with Gasteiger partial charge in [0, 0.05) is 48.8 Å². The number of aryl methyl sites for hydroxylation is 1. The number of rotatable bonds is 10. The van der Waals surface area contributed by atoms with E-state index in [-0.39, 0.29) is 48.0 Å². The van der Waals surface area contributed by atoms with Crippen LogP contribution in [0.5, 0.6) is 11.6 Å². The number of likely N-dealkylation sites (tertiary alicyclic amines) is 1. The molecule has 5 rings (SSSR count). The highest BCUT2D eigenvalue weighted by molar-refractivity contribution is 7.90. The van der Waals surface area contributed by atoms with Gasteiger partial charge in [0.05, 0.1) is 29.3 Å². The van der Waals surface area contributed by atoms with Crippen molar-refractivity contribution < 1.29 is 40.2 Å². The molecule has 0 bridgehead atoms. The number of hydrogen-bond acceptors (Lipinski definition) is 9. The van der Waals surface area contributed by atoms with E-state index >= 15 is 4.39 Å². The van der Waals surface area contributed by atoms with Crippen molar-refractivity contribution in [1.82, 2.24) is 19.9 Å². The van der Waals surface area contributed by atoms with Crippen LogP contribution in [0.2, 0.25) is 0 Å². The van der Waals surface area contributed by atoms with Gasteiger partial charge in [0.15, 0.2) is 9.84 Å². The van der Waals surface area contributed by atoms with Gasteiger partial charge < -0.3 is 19.7 Å². The van der Waals surface area contributed by atoms with E-state index in [1.165, 1.54) is 23.4 Å². The highest BCUT2D eigenvalue weighted by Gasteiger charge is 2.33. The fourth-order valence-electron chi connectivity index (χ4n) is 5.57. The number of halogens is 4. The van der Waals surface area contributed by atoms with Crippen LogP contribution in [0.25, 0.3) is 22.0 Å². The Bertz CT molecular complexity index is 1980. The third-order valence-corrected chi connectivity index (χ3v) is 9.46. The first-order chi connectivity index (χ1) is 23.4. The first-order valence-corrected chi connectivity index (χ1v) is 17.8. The van der Waals surface area contributed by atoms with Crippen LogP contribution in [0.1, 0.15) is 51.7 Å². The van der Waals surface area contributed by atoms with Gasteiger partial charge in [-0.25, -0.2) is 45.7 Å². The largest absolute Gasteiger partial charge is 0.444 e. The molecular formula is C35H39F4N5O5S. The Hall–Kier alpha value is -4.53. The van der Waals surface area contributed by atoms with Crippen LogP contribution in [-0.4, -0.2) is 76.9 Å². The van der Waals surface area contributed by atoms with E-state index in [1.807, 2.05) is 0 Å². The highest BCUT2D eigenvalue weighted by Crippen LogP contribution is 2.38. The SMILES string of the molecule is Cc1ccc2c(CS(=O)(=O)CCC(C)(F)F)c(F)ccc2c1Oc1ncccc1-c1ccnc(NC2CC(F)CN(C(=O)OC(C)(C)C)C2)n1. The lowest BCUT2D eigenvalue weighted by molar-refractivity contribution is 0.0123. The summed E-state index contributed by atoms with van der Waals surface area (Å²) in [5, 5.41) is 3.77. The zero-order chi connectivity index (χ0) is 36.4. The van der Waals surface area contributed by atoms with E-state index in [1.54, 1.807) is 58.0 Å². The molecule has 15 heteroatoms. The minimum Gasteiger partial charge on any atom is -0.444 e. The molecule has 4 aromatic rings. The molecule has 2 atom stereocenters. The fourth-order valence-corrected chi connectivity index (χ4v) is 7.12. The molecule has 0 aliphatic carbocycles. The third-order valence-electron chi connectivity index (χ3n) is 7.90. The first kappa shape index (κ1) is 36.7. The molecule has 10 nitrogen and oxygen atoms in total. The number of fused-ring (bicyclic) bond motifs is 1. The number of ether oxygens (including phenoxy) is 2. The van der Waals surface area contributed by atoms with Gasteiger partial charge >= 0.3 is 6.09 Å². The van der Waals surface area contributed by atoms with E-state index in [0.717, 1.165) is 6.07 Å². The van der Waals surface area contributed by atoms with Gasteiger partial charge in [0.25, 0.3) is 0 Å². The van der Waals surface area contributed by atoms with E-state index in [4.69, 9.17) is 9.47 Å². The number of nitrogens with zero attached hydrogens (tertiary/aromatic N) is 4. The molecule has 50 heavy (non-hydrogen) atoms. The molecule has 268 valence electrons. The smallest absolute Gasteiger partial charge is 0.410 e. The number of hydrogen-bond donors (Lipinski definition) is 1. The Kier molecular flexibility index (Phi) is 10.6. The molecule has 0 spiro atoms. The Morgan fingerprint density at radius 3 is 2.48 bits per heavy atom. The predicted octanol–water partition coefficient (Wildman–Crippen LogP) is 7.65. The van der Waals surface area contributed by atoms with Gasteiger partial charge in [-0.1, -0.05) is 12.1 Å². The van der Waals surface area contributed by atoms with E-state index in [0.29, 0.717) is 29.1 Å². The number of nitrogens with one attached hydrogen (secondary N) is 1. The second-order valence-corrected chi connectivity index (χ2v) is 15.7. The van der Waals surface area contributed by atoms with Gasteiger partial charge in [0.2, 0.25) is 17.8 Å². The van der Waals surface area contributed by atoms with Crippen LogP contribution < -0.4 is 10.1 Å². The van der Waals surface area contributed by atoms with Crippen molar-refractivity contribution in [2.75, 3.05) is 24.2 Å². The average molecular weight is 718 g/mol. The molecule has 1 amide bonds. The minimum atomic E-state index is -4.08. The Balaban J connectivity index is 1.41. The van der Waals surface area contributed by atoms with Crippen molar-refractivity contribution in [3.8, 4) is 22.9 Å². The van der Waals surface area contributed by atoms with E-state index < -0.39 is 63.4 Å². The van der Waals surface area contributed by atoms with Crippen molar-refractivity contribution >= 4 is 32.7 Å². The summed E-state index contributed by atoms with van der Waals surface area (Å²) in [7, 11) is -4.08. The summed E-state index contributed by atoms with van der Waals surface area (Å²) in [5.74, 6) is -4.93. The van der Waals surface area contributed by atoms with Crippen molar-refractivity contribution in [3.05, 3.63) is 71.8 Å². The van der Waals surface area contributed by atoms with Crippen LogP contribution in [0.15, 0.2) is 54.9 Å². The topological polar surface area (TPSA) is 124 Å². The van der Waals surface area contributed by atoms with Crippen molar-refractivity contribution in [1.29, 1.82) is 0 Å². The summed E-state index contributed by atoms with van der Waals surface area (Å²) in [6, 6.07) is 10.3. The maximum Gasteiger partial charge on any atom is 0.410 e. The Morgan fingerprint density at radius 2 is 1.76 bits per heavy atom. The number of pyridine rings is 1. The number of alkyl halides is 3. The summed E-state index contributed by atoms with van der Waals surface area (Å²) in [4.78, 5) is 27.3. The highest BCUT2D eigenvalue weighted by atomic mass is 32.2. The zero-order valence-corrected chi connectivity index (χ0v) is 29.2. The number of carbonyl (C=O) groups is 1. The van der Waals surface area contributed by atoms with Gasteiger partial charge in [-0.15, -0.1) is 0 Å². The molecule has 1 saturated heterocycles. The number of piperidine rings is 1. The Morgan fingerprint density at radius 1 is 1.02 bits per heavy atom. The number of sulfone groups is 1. The van der Waals surface area contributed by atoms with Crippen molar-refractivity contribution in [2.45, 2.75) is 77.0 Å². The number of anilines is 1. The second-order valence-electron chi connectivity index (χ2n) is 13.5. The molecule has 1 N–H and O–H groups in total. The van der Waals surface area contributed by atoms with Crippen LogP contribution >= 0.6 is 0 Å². The minimum absolute atomic E-state index is 0.0837. The normalized spacial score (nSPS) is 17.1. The summed E-state index contributed by atoms with van der Waals surface area (Å²) < 4.78 is 93.9. The molecular weight excluding hydrogens is 678 g/mol. The average Bonchev–Trinajstić information content (AvgIpc) is 3.02. The lowest BCUT2D eigenvalue weighted by Gasteiger charge is -2.36. The van der Waals surface area contributed by atoms with Crippen molar-refractivity contribution in [3.63, 3.8) is 0 Å². The molecule has 0 saturated carbocycles. The van der Waals surface area contributed by atoms with Gasteiger partial charge in [-0.3, -0.25) is 0 Å². The quantitative estimate of drug-likeness (QED) is 0.165. The summed E-state index contributed by atoms with van der Waals surface area (Å²) in [5.41, 5.74) is 0.624. The molecule has 2 aromatic carbocycles. The second kappa shape index (κ2) is 14.4. The molecule has 0 radical (unpaired) electrons. The summed E-state index contributed by atoms with van der Waals surface area (Å²) in [6.45, 7) is 7.71. The van der Waals surface area contributed by atoms with Crippen LogP contribution in [0.3, 0.4) is 0 Å². The maximum absolute atomic E-state index is 15.1. The third kappa shape index (κ3) is 9.37. The lowest BCUT2D eigenvalue weighted by atomic mass is 10.0. The molecule has 3 heterocycles. The molecule has 2 unspecified atom stereocenters. The van der Waals surface area contributed by atoms with Crippen molar-refractivity contribution in [2.24, 2.45) is 0 Å². The number of carbonyl (C=O) groups excluding carboxylic acids is 1. The van der Waals surface area contributed by atoms with Gasteiger partial charge in [-0.2, -0.15) is 0 Å². The molecule has 1 aliphatic heterocycles. The summed E-state index contributed by atoms with van der Waals surface area (Å²) in [6.07, 6.45) is 0.378. The van der Waals surface area contributed by atoms with E-state index in [2.05, 4.69) is 20.3 Å². The molecule has 1 aliphatic rings. The standard InChI is InChI=1S/C35H39F4N5O5S/c1-21-8-9-24-25(10-11-28(37)27(24)20-50(46,47)16-13-35(5,38)39)30(21)48-31-26(7-6-14-40-31)29-12-15-41-32(43-29)42-23-17-22(36)18-44(19-23)33(45)49-34(2,3)4/h6-12,14-15,22-23H,13,16-20H2,1-5H3,(H,41,42,43). The first-order valence-electron chi connectivity index (χ1n) is 16.0.